The molecule has 0 atom stereocenters. The first-order valence-corrected chi connectivity index (χ1v) is 4.95. The van der Waals surface area contributed by atoms with Gasteiger partial charge in [-0.2, -0.15) is 5.10 Å². The van der Waals surface area contributed by atoms with E-state index < -0.39 is 0 Å². The van der Waals surface area contributed by atoms with Crippen LogP contribution in [0.1, 0.15) is 18.2 Å². The molecule has 0 spiro atoms. The quantitative estimate of drug-likeness (QED) is 0.825. The number of aliphatic hydroxyl groups is 1. The smallest absolute Gasteiger partial charge is 0.214 e. The lowest BCUT2D eigenvalue weighted by molar-refractivity contribution is 0.282. The highest BCUT2D eigenvalue weighted by atomic mass is 16.5. The fourth-order valence-electron chi connectivity index (χ4n) is 1.62. The average molecular weight is 206 g/mol. The molecule has 0 aliphatic heterocycles. The number of aromatic nitrogens is 2. The number of methoxy groups -OCH3 is 1. The zero-order valence-corrected chi connectivity index (χ0v) is 8.90. The molecule has 0 radical (unpaired) electrons. The number of hydrogen-bond donors (Lipinski definition) is 1. The van der Waals surface area contributed by atoms with Crippen molar-refractivity contribution in [1.29, 1.82) is 0 Å². The number of ether oxygens (including phenoxy) is 1. The number of rotatable bonds is 3. The minimum absolute atomic E-state index is 0.0162. The molecule has 4 nitrogen and oxygen atoms in total. The molecule has 0 unspecified atom stereocenters. The van der Waals surface area contributed by atoms with Crippen LogP contribution in [0.3, 0.4) is 0 Å². The first kappa shape index (κ1) is 9.98. The van der Waals surface area contributed by atoms with Crippen LogP contribution in [0.15, 0.2) is 18.2 Å². The lowest BCUT2D eigenvalue weighted by atomic mass is 10.2. The molecule has 2 heterocycles. The molecule has 0 saturated heterocycles. The SMILES string of the molecule is CCc1cc2c(CO)ccc(OC)n2n1. The Kier molecular flexibility index (Phi) is 2.60. The standard InChI is InChI=1S/C11H14N2O2/c1-3-9-6-10-8(7-14)4-5-11(15-2)13(10)12-9/h4-6,14H,3,7H2,1-2H3. The molecule has 0 fully saturated rings. The van der Waals surface area contributed by atoms with Gasteiger partial charge in [0.1, 0.15) is 0 Å². The number of hydrogen-bond acceptors (Lipinski definition) is 3. The van der Waals surface area contributed by atoms with Gasteiger partial charge < -0.3 is 9.84 Å². The van der Waals surface area contributed by atoms with E-state index in [4.69, 9.17) is 4.74 Å². The van der Waals surface area contributed by atoms with E-state index in [1.807, 2.05) is 25.1 Å². The van der Waals surface area contributed by atoms with Crippen molar-refractivity contribution in [3.05, 3.63) is 29.5 Å². The van der Waals surface area contributed by atoms with Gasteiger partial charge >= 0.3 is 0 Å². The van der Waals surface area contributed by atoms with E-state index in [9.17, 15) is 5.11 Å². The van der Waals surface area contributed by atoms with E-state index in [-0.39, 0.29) is 6.61 Å². The lowest BCUT2D eigenvalue weighted by Crippen LogP contribution is -1.98. The molecule has 1 N–H and O–H groups in total. The Balaban J connectivity index is 2.71. The zero-order valence-electron chi connectivity index (χ0n) is 8.90. The molecule has 2 aromatic rings. The maximum atomic E-state index is 9.20. The maximum Gasteiger partial charge on any atom is 0.214 e. The monoisotopic (exact) mass is 206 g/mol. The van der Waals surface area contributed by atoms with Crippen molar-refractivity contribution in [2.45, 2.75) is 20.0 Å². The maximum absolute atomic E-state index is 9.20. The summed E-state index contributed by atoms with van der Waals surface area (Å²) in [4.78, 5) is 0. The lowest BCUT2D eigenvalue weighted by Gasteiger charge is -2.05. The first-order chi connectivity index (χ1) is 7.30. The van der Waals surface area contributed by atoms with Gasteiger partial charge in [0, 0.05) is 11.6 Å². The summed E-state index contributed by atoms with van der Waals surface area (Å²) in [6.45, 7) is 2.06. The number of aryl methyl sites for hydroxylation is 1. The molecule has 0 aliphatic rings. The number of aliphatic hydroxyl groups excluding tert-OH is 1. The highest BCUT2D eigenvalue weighted by Gasteiger charge is 2.08. The third-order valence-corrected chi connectivity index (χ3v) is 2.47. The minimum Gasteiger partial charge on any atom is -0.481 e. The summed E-state index contributed by atoms with van der Waals surface area (Å²) >= 11 is 0. The summed E-state index contributed by atoms with van der Waals surface area (Å²) in [7, 11) is 1.61. The van der Waals surface area contributed by atoms with E-state index in [2.05, 4.69) is 5.10 Å². The first-order valence-electron chi connectivity index (χ1n) is 4.95. The van der Waals surface area contributed by atoms with Crippen molar-refractivity contribution >= 4 is 5.52 Å². The van der Waals surface area contributed by atoms with Crippen molar-refractivity contribution in [3.8, 4) is 5.88 Å². The molecule has 0 bridgehead atoms. The van der Waals surface area contributed by atoms with Crippen LogP contribution < -0.4 is 4.74 Å². The van der Waals surface area contributed by atoms with Gasteiger partial charge in [-0.05, 0) is 18.6 Å². The highest BCUT2D eigenvalue weighted by Crippen LogP contribution is 2.20. The van der Waals surface area contributed by atoms with Crippen molar-refractivity contribution in [2.24, 2.45) is 0 Å². The second-order valence-corrected chi connectivity index (χ2v) is 3.35. The third kappa shape index (κ3) is 1.57. The molecular formula is C11H14N2O2. The number of nitrogens with zero attached hydrogens (tertiary/aromatic N) is 2. The van der Waals surface area contributed by atoms with E-state index in [0.717, 1.165) is 23.2 Å². The van der Waals surface area contributed by atoms with Gasteiger partial charge in [0.15, 0.2) is 0 Å². The largest absolute Gasteiger partial charge is 0.481 e. The van der Waals surface area contributed by atoms with Crippen LogP contribution >= 0.6 is 0 Å². The predicted molar refractivity (Wildman–Crippen MR) is 57.0 cm³/mol. The van der Waals surface area contributed by atoms with Crippen molar-refractivity contribution < 1.29 is 9.84 Å². The van der Waals surface area contributed by atoms with Crippen molar-refractivity contribution in [2.75, 3.05) is 7.11 Å². The second kappa shape index (κ2) is 3.90. The van der Waals surface area contributed by atoms with Crippen molar-refractivity contribution in [3.63, 3.8) is 0 Å². The molecule has 4 heteroatoms. The zero-order chi connectivity index (χ0) is 10.8. The molecule has 0 amide bonds. The Morgan fingerprint density at radius 2 is 2.27 bits per heavy atom. The number of pyridine rings is 1. The molecule has 15 heavy (non-hydrogen) atoms. The van der Waals surface area contributed by atoms with Crippen LogP contribution in [-0.4, -0.2) is 21.8 Å². The molecule has 0 aromatic carbocycles. The van der Waals surface area contributed by atoms with Crippen LogP contribution in [0.5, 0.6) is 5.88 Å². The minimum atomic E-state index is 0.0162. The normalized spacial score (nSPS) is 10.9. The van der Waals surface area contributed by atoms with E-state index in [1.165, 1.54) is 0 Å². The van der Waals surface area contributed by atoms with Gasteiger partial charge in [-0.3, -0.25) is 0 Å². The summed E-state index contributed by atoms with van der Waals surface area (Å²) in [5, 5.41) is 13.6. The van der Waals surface area contributed by atoms with Gasteiger partial charge in [-0.15, -0.1) is 0 Å². The molecular weight excluding hydrogens is 192 g/mol. The third-order valence-electron chi connectivity index (χ3n) is 2.47. The van der Waals surface area contributed by atoms with Crippen LogP contribution in [0.2, 0.25) is 0 Å². The topological polar surface area (TPSA) is 46.8 Å². The molecule has 2 aromatic heterocycles. The summed E-state index contributed by atoms with van der Waals surface area (Å²) < 4.78 is 6.93. The Morgan fingerprint density at radius 3 is 2.87 bits per heavy atom. The summed E-state index contributed by atoms with van der Waals surface area (Å²) in [6.07, 6.45) is 0.871. The fraction of sp³-hybridized carbons (Fsp3) is 0.364. The van der Waals surface area contributed by atoms with E-state index in [1.54, 1.807) is 11.6 Å². The Hall–Kier alpha value is -1.55. The Labute approximate surface area is 88.1 Å². The Morgan fingerprint density at radius 1 is 1.47 bits per heavy atom. The second-order valence-electron chi connectivity index (χ2n) is 3.35. The van der Waals surface area contributed by atoms with E-state index >= 15 is 0 Å². The molecule has 0 saturated carbocycles. The van der Waals surface area contributed by atoms with Gasteiger partial charge in [-0.25, -0.2) is 4.52 Å². The molecule has 2 rings (SSSR count). The van der Waals surface area contributed by atoms with Crippen LogP contribution in [0.4, 0.5) is 0 Å². The highest BCUT2D eigenvalue weighted by molar-refractivity contribution is 5.57. The number of fused-ring (bicyclic) bond motifs is 1. The molecule has 0 aliphatic carbocycles. The predicted octanol–water partition coefficient (Wildman–Crippen LogP) is 1.40. The van der Waals surface area contributed by atoms with E-state index in [0.29, 0.717) is 5.88 Å². The van der Waals surface area contributed by atoms with Crippen LogP contribution in [0, 0.1) is 0 Å². The van der Waals surface area contributed by atoms with Gasteiger partial charge in [0.05, 0.1) is 24.9 Å². The van der Waals surface area contributed by atoms with Gasteiger partial charge in [0.2, 0.25) is 5.88 Å². The summed E-state index contributed by atoms with van der Waals surface area (Å²) in [5.74, 6) is 0.682. The van der Waals surface area contributed by atoms with Crippen LogP contribution in [0.25, 0.3) is 5.52 Å². The fourth-order valence-corrected chi connectivity index (χ4v) is 1.62. The Bertz CT molecular complexity index is 436. The molecule has 80 valence electrons. The summed E-state index contributed by atoms with van der Waals surface area (Å²) in [5.41, 5.74) is 2.77. The average Bonchev–Trinajstić information content (AvgIpc) is 2.71. The van der Waals surface area contributed by atoms with Gasteiger partial charge in [-0.1, -0.05) is 6.92 Å². The van der Waals surface area contributed by atoms with Gasteiger partial charge in [0.25, 0.3) is 0 Å². The summed E-state index contributed by atoms with van der Waals surface area (Å²) in [6, 6.07) is 5.65. The van der Waals surface area contributed by atoms with Crippen LogP contribution in [-0.2, 0) is 13.0 Å². The van der Waals surface area contributed by atoms with Crippen molar-refractivity contribution in [1.82, 2.24) is 9.61 Å².